The molecule has 2 aromatic carbocycles. The number of rotatable bonds is 4. The summed E-state index contributed by atoms with van der Waals surface area (Å²) in [7, 11) is 0. The van der Waals surface area contributed by atoms with Gasteiger partial charge in [0, 0.05) is 40.9 Å². The van der Waals surface area contributed by atoms with Crippen LogP contribution in [0, 0.1) is 5.82 Å². The van der Waals surface area contributed by atoms with Gasteiger partial charge in [-0.2, -0.15) is 13.2 Å². The molecule has 1 aliphatic heterocycles. The molecule has 6 nitrogen and oxygen atoms in total. The second kappa shape index (κ2) is 9.47. The summed E-state index contributed by atoms with van der Waals surface area (Å²) in [5, 5.41) is 4.67. The van der Waals surface area contributed by atoms with Crippen LogP contribution in [0.1, 0.15) is 36.3 Å². The summed E-state index contributed by atoms with van der Waals surface area (Å²) in [4.78, 5) is 32.5. The highest BCUT2D eigenvalue weighted by Crippen LogP contribution is 2.47. The predicted molar refractivity (Wildman–Crippen MR) is 131 cm³/mol. The first-order chi connectivity index (χ1) is 17.6. The number of nitrogens with zero attached hydrogens (tertiary/aromatic N) is 2. The SMILES string of the molecule is NC1=C(C(=O)Nc2nccs2)[C@@H](c2ccc(F)cc2)C2=C(CCCC2=O)N1c1ccc(C(F)(F)F)cc1. The van der Waals surface area contributed by atoms with E-state index in [1.54, 1.807) is 5.38 Å². The highest BCUT2D eigenvalue weighted by Gasteiger charge is 2.43. The average molecular weight is 529 g/mol. The molecule has 3 aromatic rings. The number of halogens is 4. The number of anilines is 2. The Morgan fingerprint density at radius 1 is 1.08 bits per heavy atom. The summed E-state index contributed by atoms with van der Waals surface area (Å²) in [5.74, 6) is -2.24. The lowest BCUT2D eigenvalue weighted by molar-refractivity contribution is -0.137. The summed E-state index contributed by atoms with van der Waals surface area (Å²) in [5.41, 5.74) is 7.39. The summed E-state index contributed by atoms with van der Waals surface area (Å²) in [6.45, 7) is 0. The van der Waals surface area contributed by atoms with Crippen molar-refractivity contribution in [1.29, 1.82) is 0 Å². The molecule has 0 unspecified atom stereocenters. The third-order valence-electron chi connectivity index (χ3n) is 6.35. The topological polar surface area (TPSA) is 88.3 Å². The Balaban J connectivity index is 1.70. The predicted octanol–water partition coefficient (Wildman–Crippen LogP) is 5.72. The van der Waals surface area contributed by atoms with Gasteiger partial charge in [-0.25, -0.2) is 9.37 Å². The second-order valence-electron chi connectivity index (χ2n) is 8.59. The molecule has 1 amide bonds. The first-order valence-corrected chi connectivity index (χ1v) is 12.2. The van der Waals surface area contributed by atoms with E-state index >= 15 is 0 Å². The molecule has 5 rings (SSSR count). The number of allylic oxidation sites excluding steroid dienone is 2. The van der Waals surface area contributed by atoms with Crippen LogP contribution in [0.15, 0.2) is 82.8 Å². The number of aromatic nitrogens is 1. The van der Waals surface area contributed by atoms with Gasteiger partial charge < -0.3 is 5.73 Å². The molecule has 2 heterocycles. The van der Waals surface area contributed by atoms with Crippen LogP contribution in [-0.2, 0) is 15.8 Å². The van der Waals surface area contributed by atoms with Crippen LogP contribution in [0.5, 0.6) is 0 Å². The average Bonchev–Trinajstić information content (AvgIpc) is 3.36. The molecular formula is C26H20F4N4O2S. The molecule has 0 saturated heterocycles. The van der Waals surface area contributed by atoms with Crippen molar-refractivity contribution in [1.82, 2.24) is 4.98 Å². The van der Waals surface area contributed by atoms with E-state index in [0.717, 1.165) is 12.1 Å². The van der Waals surface area contributed by atoms with E-state index in [9.17, 15) is 27.2 Å². The zero-order valence-electron chi connectivity index (χ0n) is 19.2. The maximum atomic E-state index is 13.8. The number of carbonyl (C=O) groups is 2. The van der Waals surface area contributed by atoms with Gasteiger partial charge in [0.1, 0.15) is 11.6 Å². The molecule has 3 N–H and O–H groups in total. The van der Waals surface area contributed by atoms with Crippen molar-refractivity contribution in [3.63, 3.8) is 0 Å². The molecular weight excluding hydrogens is 508 g/mol. The molecule has 1 aromatic heterocycles. The number of nitrogens with two attached hydrogens (primary N) is 1. The summed E-state index contributed by atoms with van der Waals surface area (Å²) >= 11 is 1.18. The molecule has 37 heavy (non-hydrogen) atoms. The maximum Gasteiger partial charge on any atom is 0.416 e. The van der Waals surface area contributed by atoms with Crippen molar-refractivity contribution in [2.75, 3.05) is 10.2 Å². The van der Waals surface area contributed by atoms with E-state index in [1.807, 2.05) is 0 Å². The lowest BCUT2D eigenvalue weighted by Crippen LogP contribution is -2.41. The van der Waals surface area contributed by atoms with Crippen molar-refractivity contribution >= 4 is 33.8 Å². The minimum Gasteiger partial charge on any atom is -0.384 e. The first kappa shape index (κ1) is 24.7. The second-order valence-corrected chi connectivity index (χ2v) is 9.49. The summed E-state index contributed by atoms with van der Waals surface area (Å²) in [6, 6.07) is 9.81. The highest BCUT2D eigenvalue weighted by atomic mass is 32.1. The van der Waals surface area contributed by atoms with Gasteiger partial charge in [-0.3, -0.25) is 19.8 Å². The van der Waals surface area contributed by atoms with Crippen molar-refractivity contribution in [2.45, 2.75) is 31.4 Å². The molecule has 0 saturated carbocycles. The quantitative estimate of drug-likeness (QED) is 0.423. The summed E-state index contributed by atoms with van der Waals surface area (Å²) < 4.78 is 53.3. The van der Waals surface area contributed by atoms with Gasteiger partial charge in [0.2, 0.25) is 0 Å². The Morgan fingerprint density at radius 2 is 1.78 bits per heavy atom. The van der Waals surface area contributed by atoms with Crippen molar-refractivity contribution in [2.24, 2.45) is 5.73 Å². The van der Waals surface area contributed by atoms with E-state index in [-0.39, 0.29) is 29.3 Å². The Hall–Kier alpha value is -3.99. The van der Waals surface area contributed by atoms with Gasteiger partial charge in [-0.05, 0) is 54.8 Å². The number of hydrogen-bond acceptors (Lipinski definition) is 6. The Morgan fingerprint density at radius 3 is 2.41 bits per heavy atom. The fourth-order valence-electron chi connectivity index (χ4n) is 4.74. The molecule has 0 bridgehead atoms. The van der Waals surface area contributed by atoms with Gasteiger partial charge in [0.25, 0.3) is 5.91 Å². The largest absolute Gasteiger partial charge is 0.416 e. The van der Waals surface area contributed by atoms with Gasteiger partial charge >= 0.3 is 6.18 Å². The number of Topliss-reactive ketones (excluding diaryl/α,β-unsaturated/α-hetero) is 1. The zero-order valence-corrected chi connectivity index (χ0v) is 20.0. The number of amides is 1. The van der Waals surface area contributed by atoms with E-state index in [4.69, 9.17) is 5.73 Å². The fourth-order valence-corrected chi connectivity index (χ4v) is 5.27. The normalized spacial score (nSPS) is 18.2. The number of nitrogens with one attached hydrogen (secondary N) is 1. The molecule has 1 aliphatic carbocycles. The molecule has 2 aliphatic rings. The summed E-state index contributed by atoms with van der Waals surface area (Å²) in [6.07, 6.45) is -1.85. The third-order valence-corrected chi connectivity index (χ3v) is 7.03. The van der Waals surface area contributed by atoms with Crippen LogP contribution in [0.4, 0.5) is 28.4 Å². The number of hydrogen-bond donors (Lipinski definition) is 2. The number of alkyl halides is 3. The number of benzene rings is 2. The van der Waals surface area contributed by atoms with Crippen molar-refractivity contribution in [3.8, 4) is 0 Å². The lowest BCUT2D eigenvalue weighted by Gasteiger charge is -2.40. The molecule has 1 atom stereocenters. The Kier molecular flexibility index (Phi) is 6.32. The van der Waals surface area contributed by atoms with Crippen LogP contribution in [0.2, 0.25) is 0 Å². The smallest absolute Gasteiger partial charge is 0.384 e. The van der Waals surface area contributed by atoms with E-state index in [1.165, 1.54) is 58.8 Å². The van der Waals surface area contributed by atoms with Gasteiger partial charge in [0.05, 0.1) is 11.1 Å². The number of carbonyl (C=O) groups excluding carboxylic acids is 2. The van der Waals surface area contributed by atoms with Crippen LogP contribution < -0.4 is 16.0 Å². The van der Waals surface area contributed by atoms with Gasteiger partial charge in [0.15, 0.2) is 10.9 Å². The number of thiazole rings is 1. The van der Waals surface area contributed by atoms with Gasteiger partial charge in [-0.1, -0.05) is 12.1 Å². The van der Waals surface area contributed by atoms with Crippen LogP contribution in [0.25, 0.3) is 0 Å². The van der Waals surface area contributed by atoms with Crippen molar-refractivity contribution in [3.05, 3.63) is 99.7 Å². The van der Waals surface area contributed by atoms with E-state index < -0.39 is 29.4 Å². The lowest BCUT2D eigenvalue weighted by atomic mass is 9.75. The zero-order chi connectivity index (χ0) is 26.3. The monoisotopic (exact) mass is 528 g/mol. The van der Waals surface area contributed by atoms with Crippen molar-refractivity contribution < 1.29 is 27.2 Å². The first-order valence-electron chi connectivity index (χ1n) is 11.3. The minimum atomic E-state index is -4.53. The Labute approximate surface area is 213 Å². The minimum absolute atomic E-state index is 0.0238. The van der Waals surface area contributed by atoms with Gasteiger partial charge in [-0.15, -0.1) is 11.3 Å². The molecule has 0 radical (unpaired) electrons. The molecule has 0 spiro atoms. The van der Waals surface area contributed by atoms with Crippen LogP contribution in [-0.4, -0.2) is 16.7 Å². The van der Waals surface area contributed by atoms with Crippen LogP contribution in [0.3, 0.4) is 0 Å². The number of ketones is 1. The molecule has 11 heteroatoms. The standard InChI is InChI=1S/C26H20F4N4O2S/c27-16-8-4-14(5-9-16)20-21-18(2-1-3-19(21)35)34(17-10-6-15(7-11-17)26(28,29)30)23(31)22(20)24(36)33-25-32-12-13-37-25/h4-13,20H,1-3,31H2,(H,32,33,36)/t20-/m0/s1. The maximum absolute atomic E-state index is 13.8. The molecule has 0 fully saturated rings. The molecule has 190 valence electrons. The fraction of sp³-hybridized carbons (Fsp3) is 0.192. The highest BCUT2D eigenvalue weighted by molar-refractivity contribution is 7.13. The van der Waals surface area contributed by atoms with E-state index in [2.05, 4.69) is 10.3 Å². The van der Waals surface area contributed by atoms with Crippen LogP contribution >= 0.6 is 11.3 Å². The third kappa shape index (κ3) is 4.62. The Bertz CT molecular complexity index is 1410. The van der Waals surface area contributed by atoms with E-state index in [0.29, 0.717) is 34.8 Å².